The molecular weight excluding hydrogens is 352 g/mol. The summed E-state index contributed by atoms with van der Waals surface area (Å²) in [4.78, 5) is 28.7. The Bertz CT molecular complexity index is 907. The molecule has 3 N–H and O–H groups in total. The van der Waals surface area contributed by atoms with Crippen molar-refractivity contribution in [1.82, 2.24) is 19.9 Å². The number of nitrogens with two attached hydrogens (primary N) is 1. The number of carbonyl (C=O) groups excluding carboxylic acids is 1. The number of nitrogens with zero attached hydrogens (tertiary/aromatic N) is 4. The van der Waals surface area contributed by atoms with Gasteiger partial charge in [-0.05, 0) is 30.5 Å². The summed E-state index contributed by atoms with van der Waals surface area (Å²) < 4.78 is 5.29. The highest BCUT2D eigenvalue weighted by atomic mass is 32.2. The first-order chi connectivity index (χ1) is 12.7. The van der Waals surface area contributed by atoms with E-state index in [0.29, 0.717) is 10.6 Å². The van der Waals surface area contributed by atoms with Crippen molar-refractivity contribution in [2.75, 3.05) is 17.3 Å². The fraction of sp³-hybridized carbons (Fsp3) is 0.118. The Labute approximate surface area is 154 Å². The van der Waals surface area contributed by atoms with Crippen LogP contribution in [0.4, 0.5) is 17.6 Å². The third kappa shape index (κ3) is 4.45. The zero-order valence-corrected chi connectivity index (χ0v) is 14.7. The minimum atomic E-state index is -0.501. The van der Waals surface area contributed by atoms with Crippen molar-refractivity contribution in [2.45, 2.75) is 11.6 Å². The Kier molecular flexibility index (Phi) is 5.59. The zero-order valence-electron chi connectivity index (χ0n) is 13.9. The summed E-state index contributed by atoms with van der Waals surface area (Å²) in [6.07, 6.45) is 3.46. The highest BCUT2D eigenvalue weighted by molar-refractivity contribution is 7.98. The molecule has 0 spiro atoms. The fourth-order valence-electron chi connectivity index (χ4n) is 2.13. The van der Waals surface area contributed by atoms with Crippen LogP contribution in [0.3, 0.4) is 0 Å². The molecule has 3 aromatic rings. The van der Waals surface area contributed by atoms with E-state index in [4.69, 9.17) is 10.5 Å². The number of nitrogen functional groups attached to an aromatic ring is 1. The van der Waals surface area contributed by atoms with Gasteiger partial charge in [-0.25, -0.2) is 9.78 Å². The third-order valence-electron chi connectivity index (χ3n) is 3.25. The highest BCUT2D eigenvalue weighted by Crippen LogP contribution is 2.18. The van der Waals surface area contributed by atoms with Crippen LogP contribution in [0.5, 0.6) is 0 Å². The van der Waals surface area contributed by atoms with E-state index in [2.05, 4.69) is 25.3 Å². The molecule has 2 heterocycles. The molecule has 0 fully saturated rings. The first-order valence-corrected chi connectivity index (χ1v) is 8.87. The van der Waals surface area contributed by atoms with Crippen LogP contribution in [0.25, 0.3) is 0 Å². The SMILES string of the molecule is CSc1ncccc1C(=O)OCc1nc(N)nc(Nc2ccccc2)n1. The monoisotopic (exact) mass is 368 g/mol. The van der Waals surface area contributed by atoms with Crippen LogP contribution in [0, 0.1) is 0 Å². The van der Waals surface area contributed by atoms with Gasteiger partial charge in [0.1, 0.15) is 5.03 Å². The first kappa shape index (κ1) is 17.6. The molecule has 0 aliphatic rings. The van der Waals surface area contributed by atoms with Gasteiger partial charge in [0.15, 0.2) is 12.4 Å². The van der Waals surface area contributed by atoms with Crippen LogP contribution in [0.1, 0.15) is 16.2 Å². The molecule has 0 saturated carbocycles. The number of ether oxygens (including phenoxy) is 1. The number of carbonyl (C=O) groups is 1. The van der Waals surface area contributed by atoms with Crippen molar-refractivity contribution in [3.63, 3.8) is 0 Å². The fourth-order valence-corrected chi connectivity index (χ4v) is 2.66. The molecule has 2 aromatic heterocycles. The molecule has 1 aromatic carbocycles. The second-order valence-electron chi connectivity index (χ2n) is 5.06. The van der Waals surface area contributed by atoms with Gasteiger partial charge in [-0.3, -0.25) is 0 Å². The Balaban J connectivity index is 1.71. The molecule has 8 nitrogen and oxygen atoms in total. The van der Waals surface area contributed by atoms with Crippen molar-refractivity contribution in [2.24, 2.45) is 0 Å². The molecule has 132 valence electrons. The summed E-state index contributed by atoms with van der Waals surface area (Å²) >= 11 is 1.37. The van der Waals surface area contributed by atoms with E-state index in [1.165, 1.54) is 11.8 Å². The molecule has 26 heavy (non-hydrogen) atoms. The quantitative estimate of drug-likeness (QED) is 0.500. The van der Waals surface area contributed by atoms with Gasteiger partial charge in [0.25, 0.3) is 0 Å². The minimum absolute atomic E-state index is 0.0376. The standard InChI is InChI=1S/C17H16N6O2S/c1-26-14-12(8-5-9-19-14)15(24)25-10-13-21-16(18)23-17(22-13)20-11-6-3-2-4-7-11/h2-9H,10H2,1H3,(H3,18,20,21,22,23). The van der Waals surface area contributed by atoms with E-state index in [9.17, 15) is 4.79 Å². The number of benzene rings is 1. The Morgan fingerprint density at radius 1 is 1.15 bits per heavy atom. The second kappa shape index (κ2) is 8.26. The van der Waals surface area contributed by atoms with Crippen molar-refractivity contribution in [3.8, 4) is 0 Å². The van der Waals surface area contributed by atoms with Crippen LogP contribution in [-0.2, 0) is 11.3 Å². The maximum atomic E-state index is 12.3. The number of para-hydroxylation sites is 1. The summed E-state index contributed by atoms with van der Waals surface area (Å²) in [6, 6.07) is 12.7. The summed E-state index contributed by atoms with van der Waals surface area (Å²) in [5.74, 6) is 0.0643. The van der Waals surface area contributed by atoms with Crippen molar-refractivity contribution < 1.29 is 9.53 Å². The average molecular weight is 368 g/mol. The first-order valence-electron chi connectivity index (χ1n) is 7.64. The number of anilines is 3. The third-order valence-corrected chi connectivity index (χ3v) is 3.96. The Morgan fingerprint density at radius 3 is 2.73 bits per heavy atom. The Morgan fingerprint density at radius 2 is 1.96 bits per heavy atom. The topological polar surface area (TPSA) is 116 Å². The van der Waals surface area contributed by atoms with Gasteiger partial charge in [0, 0.05) is 11.9 Å². The van der Waals surface area contributed by atoms with Gasteiger partial charge < -0.3 is 15.8 Å². The van der Waals surface area contributed by atoms with E-state index in [1.54, 1.807) is 18.3 Å². The normalized spacial score (nSPS) is 10.3. The molecule has 0 aliphatic heterocycles. The predicted molar refractivity (Wildman–Crippen MR) is 99.1 cm³/mol. The largest absolute Gasteiger partial charge is 0.454 e. The second-order valence-corrected chi connectivity index (χ2v) is 5.86. The molecule has 9 heteroatoms. The number of aromatic nitrogens is 4. The number of hydrogen-bond acceptors (Lipinski definition) is 9. The number of hydrogen-bond donors (Lipinski definition) is 2. The molecule has 0 unspecified atom stereocenters. The van der Waals surface area contributed by atoms with Gasteiger partial charge in [0.05, 0.1) is 5.56 Å². The number of pyridine rings is 1. The lowest BCUT2D eigenvalue weighted by molar-refractivity contribution is 0.0457. The average Bonchev–Trinajstić information content (AvgIpc) is 2.66. The zero-order chi connectivity index (χ0) is 18.4. The van der Waals surface area contributed by atoms with Crippen molar-refractivity contribution in [1.29, 1.82) is 0 Å². The van der Waals surface area contributed by atoms with Gasteiger partial charge in [-0.2, -0.15) is 15.0 Å². The minimum Gasteiger partial charge on any atom is -0.454 e. The van der Waals surface area contributed by atoms with Crippen molar-refractivity contribution in [3.05, 3.63) is 60.0 Å². The molecule has 0 saturated heterocycles. The van der Waals surface area contributed by atoms with Crippen LogP contribution in [0.15, 0.2) is 53.7 Å². The lowest BCUT2D eigenvalue weighted by atomic mass is 10.3. The smallest absolute Gasteiger partial charge is 0.341 e. The lowest BCUT2D eigenvalue weighted by Crippen LogP contribution is -2.12. The van der Waals surface area contributed by atoms with E-state index in [0.717, 1.165) is 5.69 Å². The van der Waals surface area contributed by atoms with Gasteiger partial charge in [-0.15, -0.1) is 11.8 Å². The number of esters is 1. The van der Waals surface area contributed by atoms with E-state index in [-0.39, 0.29) is 24.3 Å². The van der Waals surface area contributed by atoms with Crippen LogP contribution >= 0.6 is 11.8 Å². The molecule has 0 bridgehead atoms. The molecule has 3 rings (SSSR count). The maximum absolute atomic E-state index is 12.3. The molecular formula is C17H16N6O2S. The van der Waals surface area contributed by atoms with Gasteiger partial charge in [0.2, 0.25) is 11.9 Å². The van der Waals surface area contributed by atoms with Crippen molar-refractivity contribution >= 4 is 35.3 Å². The van der Waals surface area contributed by atoms with Gasteiger partial charge in [-0.1, -0.05) is 18.2 Å². The number of rotatable bonds is 6. The van der Waals surface area contributed by atoms with E-state index >= 15 is 0 Å². The number of nitrogens with one attached hydrogen (secondary N) is 1. The predicted octanol–water partition coefficient (Wildman–Crippen LogP) is 2.67. The summed E-state index contributed by atoms with van der Waals surface area (Å²) in [6.45, 7) is -0.127. The summed E-state index contributed by atoms with van der Waals surface area (Å²) in [7, 11) is 0. The lowest BCUT2D eigenvalue weighted by Gasteiger charge is -2.09. The highest BCUT2D eigenvalue weighted by Gasteiger charge is 2.14. The maximum Gasteiger partial charge on any atom is 0.341 e. The van der Waals surface area contributed by atoms with E-state index < -0.39 is 5.97 Å². The van der Waals surface area contributed by atoms with Crippen LogP contribution in [0.2, 0.25) is 0 Å². The number of thioether (sulfide) groups is 1. The van der Waals surface area contributed by atoms with Crippen LogP contribution in [-0.4, -0.2) is 32.2 Å². The molecule has 0 amide bonds. The van der Waals surface area contributed by atoms with E-state index in [1.807, 2.05) is 36.6 Å². The van der Waals surface area contributed by atoms with Crippen LogP contribution < -0.4 is 11.1 Å². The summed E-state index contributed by atoms with van der Waals surface area (Å²) in [5.41, 5.74) is 6.92. The summed E-state index contributed by atoms with van der Waals surface area (Å²) in [5, 5.41) is 3.62. The molecule has 0 radical (unpaired) electrons. The molecule has 0 aliphatic carbocycles. The Hall–Kier alpha value is -3.20. The van der Waals surface area contributed by atoms with Gasteiger partial charge >= 0.3 is 5.97 Å². The molecule has 0 atom stereocenters.